The van der Waals surface area contributed by atoms with E-state index in [1.165, 1.54) is 12.8 Å². The van der Waals surface area contributed by atoms with Gasteiger partial charge in [0, 0.05) is 0 Å². The standard InChI is InChI=1S/C8H10N2O2/c1-2-7-6(3-5(1)12-7)8-9-4-11-10-8/h4-7H,1-3H2/t5-,6-,7+/m1/s1. The van der Waals surface area contributed by atoms with E-state index in [4.69, 9.17) is 9.26 Å². The van der Waals surface area contributed by atoms with Gasteiger partial charge >= 0.3 is 0 Å². The Morgan fingerprint density at radius 1 is 1.42 bits per heavy atom. The van der Waals surface area contributed by atoms with E-state index in [2.05, 4.69) is 10.1 Å². The first kappa shape index (κ1) is 6.60. The monoisotopic (exact) mass is 166 g/mol. The topological polar surface area (TPSA) is 48.2 Å². The van der Waals surface area contributed by atoms with E-state index in [0.29, 0.717) is 18.1 Å². The minimum absolute atomic E-state index is 0.354. The molecule has 2 bridgehead atoms. The summed E-state index contributed by atoms with van der Waals surface area (Å²) < 4.78 is 10.4. The van der Waals surface area contributed by atoms with Crippen molar-refractivity contribution < 1.29 is 9.26 Å². The molecule has 0 N–H and O–H groups in total. The zero-order chi connectivity index (χ0) is 7.97. The Labute approximate surface area is 69.9 Å². The van der Waals surface area contributed by atoms with Crippen LogP contribution in [0.15, 0.2) is 10.9 Å². The first-order valence-corrected chi connectivity index (χ1v) is 4.35. The zero-order valence-corrected chi connectivity index (χ0v) is 6.64. The molecule has 1 aromatic heterocycles. The van der Waals surface area contributed by atoms with Crippen molar-refractivity contribution in [3.05, 3.63) is 12.2 Å². The van der Waals surface area contributed by atoms with E-state index < -0.39 is 0 Å². The Kier molecular flexibility index (Phi) is 1.26. The maximum absolute atomic E-state index is 5.69. The third-order valence-electron chi connectivity index (χ3n) is 2.82. The molecule has 0 aliphatic carbocycles. The molecule has 2 aliphatic rings. The number of ether oxygens (including phenoxy) is 1. The van der Waals surface area contributed by atoms with Gasteiger partial charge in [-0.1, -0.05) is 5.16 Å². The van der Waals surface area contributed by atoms with Gasteiger partial charge < -0.3 is 9.26 Å². The highest BCUT2D eigenvalue weighted by Gasteiger charge is 2.43. The molecule has 4 heteroatoms. The molecule has 64 valence electrons. The van der Waals surface area contributed by atoms with E-state index in [-0.39, 0.29) is 0 Å². The molecule has 0 amide bonds. The number of rotatable bonds is 1. The number of hydrogen-bond donors (Lipinski definition) is 0. The molecule has 2 aliphatic heterocycles. The molecule has 12 heavy (non-hydrogen) atoms. The predicted molar refractivity (Wildman–Crippen MR) is 39.6 cm³/mol. The first-order chi connectivity index (χ1) is 5.93. The highest BCUT2D eigenvalue weighted by Crippen LogP contribution is 2.43. The van der Waals surface area contributed by atoms with Gasteiger partial charge in [0.05, 0.1) is 18.1 Å². The van der Waals surface area contributed by atoms with E-state index in [1.54, 1.807) is 0 Å². The molecule has 2 fully saturated rings. The van der Waals surface area contributed by atoms with Crippen LogP contribution < -0.4 is 0 Å². The van der Waals surface area contributed by atoms with Crippen molar-refractivity contribution in [2.75, 3.05) is 0 Å². The van der Waals surface area contributed by atoms with Crippen molar-refractivity contribution in [1.82, 2.24) is 10.1 Å². The van der Waals surface area contributed by atoms with Crippen LogP contribution in [0.5, 0.6) is 0 Å². The second kappa shape index (κ2) is 2.29. The molecule has 3 heterocycles. The van der Waals surface area contributed by atoms with Crippen LogP contribution in [0.25, 0.3) is 0 Å². The van der Waals surface area contributed by atoms with Crippen LogP contribution in [-0.2, 0) is 4.74 Å². The molecule has 0 unspecified atom stereocenters. The van der Waals surface area contributed by atoms with Crippen molar-refractivity contribution in [3.63, 3.8) is 0 Å². The van der Waals surface area contributed by atoms with Crippen LogP contribution in [0.2, 0.25) is 0 Å². The Balaban J connectivity index is 1.87. The fourth-order valence-electron chi connectivity index (χ4n) is 2.25. The molecular weight excluding hydrogens is 156 g/mol. The maximum Gasteiger partial charge on any atom is 0.213 e. The van der Waals surface area contributed by atoms with Gasteiger partial charge in [0.2, 0.25) is 6.39 Å². The predicted octanol–water partition coefficient (Wildman–Crippen LogP) is 1.10. The van der Waals surface area contributed by atoms with Crippen LogP contribution in [0, 0.1) is 0 Å². The smallest absolute Gasteiger partial charge is 0.213 e. The molecule has 4 nitrogen and oxygen atoms in total. The number of aromatic nitrogens is 2. The van der Waals surface area contributed by atoms with Gasteiger partial charge in [0.1, 0.15) is 0 Å². The highest BCUT2D eigenvalue weighted by atomic mass is 16.5. The average molecular weight is 166 g/mol. The van der Waals surface area contributed by atoms with Gasteiger partial charge in [0.25, 0.3) is 0 Å². The van der Waals surface area contributed by atoms with Crippen molar-refractivity contribution in [3.8, 4) is 0 Å². The summed E-state index contributed by atoms with van der Waals surface area (Å²) in [5.74, 6) is 1.21. The Morgan fingerprint density at radius 2 is 2.42 bits per heavy atom. The van der Waals surface area contributed by atoms with E-state index in [0.717, 1.165) is 18.7 Å². The van der Waals surface area contributed by atoms with Crippen LogP contribution in [0.3, 0.4) is 0 Å². The fourth-order valence-corrected chi connectivity index (χ4v) is 2.25. The van der Waals surface area contributed by atoms with Crippen molar-refractivity contribution in [1.29, 1.82) is 0 Å². The largest absolute Gasteiger partial charge is 0.374 e. The summed E-state index contributed by atoms with van der Waals surface area (Å²) in [5.41, 5.74) is 0. The van der Waals surface area contributed by atoms with Gasteiger partial charge in [-0.2, -0.15) is 4.98 Å². The molecule has 2 saturated heterocycles. The molecule has 3 rings (SSSR count). The van der Waals surface area contributed by atoms with Gasteiger partial charge in [0.15, 0.2) is 5.82 Å². The summed E-state index contributed by atoms with van der Waals surface area (Å²) in [5, 5.41) is 3.85. The third-order valence-corrected chi connectivity index (χ3v) is 2.82. The lowest BCUT2D eigenvalue weighted by molar-refractivity contribution is 0.0996. The summed E-state index contributed by atoms with van der Waals surface area (Å²) in [6.07, 6.45) is 5.64. The SMILES string of the molecule is c1nc([C@@H]2C[C@H]3CC[C@@H]2O3)no1. The quantitative estimate of drug-likeness (QED) is 0.626. The van der Waals surface area contributed by atoms with Gasteiger partial charge in [-0.3, -0.25) is 0 Å². The molecule has 0 radical (unpaired) electrons. The summed E-state index contributed by atoms with van der Waals surface area (Å²) in [6, 6.07) is 0. The zero-order valence-electron chi connectivity index (χ0n) is 6.64. The van der Waals surface area contributed by atoms with Gasteiger partial charge in [-0.15, -0.1) is 0 Å². The fraction of sp³-hybridized carbons (Fsp3) is 0.750. The van der Waals surface area contributed by atoms with Gasteiger partial charge in [-0.05, 0) is 19.3 Å². The molecule has 1 aromatic rings. The van der Waals surface area contributed by atoms with Crippen LogP contribution in [0.4, 0.5) is 0 Å². The molecular formula is C8H10N2O2. The summed E-state index contributed by atoms with van der Waals surface area (Å²) in [4.78, 5) is 4.06. The molecule has 0 spiro atoms. The van der Waals surface area contributed by atoms with E-state index in [1.807, 2.05) is 0 Å². The number of fused-ring (bicyclic) bond motifs is 2. The number of nitrogens with zero attached hydrogens (tertiary/aromatic N) is 2. The van der Waals surface area contributed by atoms with Gasteiger partial charge in [-0.25, -0.2) is 0 Å². The van der Waals surface area contributed by atoms with Crippen molar-refractivity contribution in [2.24, 2.45) is 0 Å². The third kappa shape index (κ3) is 0.813. The Bertz CT molecular complexity index is 273. The van der Waals surface area contributed by atoms with Crippen LogP contribution in [-0.4, -0.2) is 22.3 Å². The summed E-state index contributed by atoms with van der Waals surface area (Å²) in [7, 11) is 0. The lowest BCUT2D eigenvalue weighted by Crippen LogP contribution is -2.15. The number of hydrogen-bond acceptors (Lipinski definition) is 4. The summed E-state index contributed by atoms with van der Waals surface area (Å²) >= 11 is 0. The lowest BCUT2D eigenvalue weighted by atomic mass is 9.89. The first-order valence-electron chi connectivity index (χ1n) is 4.35. The second-order valence-corrected chi connectivity index (χ2v) is 3.51. The van der Waals surface area contributed by atoms with E-state index >= 15 is 0 Å². The average Bonchev–Trinajstić information content (AvgIpc) is 2.81. The van der Waals surface area contributed by atoms with E-state index in [9.17, 15) is 0 Å². The Hall–Kier alpha value is -0.900. The lowest BCUT2D eigenvalue weighted by Gasteiger charge is -2.13. The second-order valence-electron chi connectivity index (χ2n) is 3.51. The molecule has 0 saturated carbocycles. The normalized spacial score (nSPS) is 39.2. The minimum Gasteiger partial charge on any atom is -0.374 e. The maximum atomic E-state index is 5.69. The molecule has 3 atom stereocenters. The molecule has 0 aromatic carbocycles. The Morgan fingerprint density at radius 3 is 3.00 bits per heavy atom. The van der Waals surface area contributed by atoms with Crippen LogP contribution in [0.1, 0.15) is 31.0 Å². The van der Waals surface area contributed by atoms with Crippen molar-refractivity contribution >= 4 is 0 Å². The van der Waals surface area contributed by atoms with Crippen LogP contribution >= 0.6 is 0 Å². The highest BCUT2D eigenvalue weighted by molar-refractivity contribution is 5.05. The minimum atomic E-state index is 0.354. The van der Waals surface area contributed by atoms with Crippen molar-refractivity contribution in [2.45, 2.75) is 37.4 Å². The summed E-state index contributed by atoms with van der Waals surface area (Å²) in [6.45, 7) is 0.